The lowest BCUT2D eigenvalue weighted by Crippen LogP contribution is -2.53. The van der Waals surface area contributed by atoms with E-state index in [1.807, 2.05) is 30.6 Å². The van der Waals surface area contributed by atoms with Gasteiger partial charge in [-0.3, -0.25) is 29.4 Å². The van der Waals surface area contributed by atoms with Crippen LogP contribution in [0.1, 0.15) is 63.2 Å². The summed E-state index contributed by atoms with van der Waals surface area (Å²) in [5.41, 5.74) is 2.45. The average Bonchev–Trinajstić information content (AvgIpc) is 3.97. The zero-order valence-electron chi connectivity index (χ0n) is 29.9. The number of aliphatic hydroxyl groups is 1. The van der Waals surface area contributed by atoms with Gasteiger partial charge in [0.05, 0.1) is 42.3 Å². The van der Waals surface area contributed by atoms with Gasteiger partial charge in [-0.25, -0.2) is 9.67 Å². The molecule has 284 valence electrons. The molecular weight excluding hydrogens is 708 g/mol. The number of aliphatic hydroxyl groups excluding tert-OH is 1. The van der Waals surface area contributed by atoms with Gasteiger partial charge in [0.15, 0.2) is 12.0 Å². The average molecular weight is 749 g/mol. The predicted octanol–water partition coefficient (Wildman–Crippen LogP) is 1.98. The number of hydrogen-bond donors (Lipinski definition) is 3. The topological polar surface area (TPSA) is 193 Å². The van der Waals surface area contributed by atoms with Gasteiger partial charge < -0.3 is 29.5 Å². The number of fused-ring (bicyclic) bond motifs is 3. The van der Waals surface area contributed by atoms with E-state index in [0.29, 0.717) is 30.7 Å². The summed E-state index contributed by atoms with van der Waals surface area (Å²) >= 11 is 0. The van der Waals surface area contributed by atoms with E-state index in [4.69, 9.17) is 14.5 Å². The Hall–Kier alpha value is -6.13. The smallest absolute Gasteiger partial charge is 0.261 e. The van der Waals surface area contributed by atoms with Crippen molar-refractivity contribution in [2.24, 2.45) is 0 Å². The number of pyridine rings is 1. The molecule has 0 radical (unpaired) electrons. The number of anilines is 1. The first-order valence-electron chi connectivity index (χ1n) is 18.3. The van der Waals surface area contributed by atoms with Gasteiger partial charge in [0.2, 0.25) is 11.8 Å². The number of aromatic nitrogens is 4. The molecule has 2 aromatic heterocycles. The van der Waals surface area contributed by atoms with Crippen molar-refractivity contribution >= 4 is 29.3 Å². The van der Waals surface area contributed by atoms with Crippen molar-refractivity contribution in [3.8, 4) is 11.5 Å². The quantitative estimate of drug-likeness (QED) is 0.0735. The molecule has 2 unspecified atom stereocenters. The molecule has 0 saturated carbocycles. The molecule has 4 atom stereocenters. The molecule has 2 aromatic carbocycles. The summed E-state index contributed by atoms with van der Waals surface area (Å²) in [6, 6.07) is 17.0. The van der Waals surface area contributed by atoms with Crippen LogP contribution in [-0.4, -0.2) is 115 Å². The number of ether oxygens (including phenoxy) is 2. The van der Waals surface area contributed by atoms with Crippen LogP contribution >= 0.6 is 0 Å². The van der Waals surface area contributed by atoms with Crippen LogP contribution in [0.4, 0.5) is 5.82 Å². The number of likely N-dealkylation sites (tertiary alicyclic amines) is 1. The molecule has 6 heterocycles. The molecule has 2 bridgehead atoms. The van der Waals surface area contributed by atoms with Gasteiger partial charge in [0.25, 0.3) is 5.91 Å². The number of aromatic hydroxyl groups is 1. The van der Waals surface area contributed by atoms with Crippen LogP contribution in [-0.2, 0) is 27.3 Å². The van der Waals surface area contributed by atoms with E-state index in [9.17, 15) is 29.4 Å². The molecule has 3 saturated heterocycles. The second-order valence-electron chi connectivity index (χ2n) is 14.0. The minimum atomic E-state index is -1.32. The predicted molar refractivity (Wildman–Crippen MR) is 195 cm³/mol. The van der Waals surface area contributed by atoms with Gasteiger partial charge in [0.1, 0.15) is 30.0 Å². The zero-order chi connectivity index (χ0) is 38.1. The summed E-state index contributed by atoms with van der Waals surface area (Å²) in [5, 5.41) is 31.7. The zero-order valence-corrected chi connectivity index (χ0v) is 29.9. The highest BCUT2D eigenvalue weighted by Gasteiger charge is 2.46. The largest absolute Gasteiger partial charge is 0.507 e. The lowest BCUT2D eigenvalue weighted by atomic mass is 10.0. The number of rotatable bonds is 14. The van der Waals surface area contributed by atoms with Crippen molar-refractivity contribution in [1.82, 2.24) is 35.1 Å². The number of amides is 3. The number of nitrogens with one attached hydrogen (secondary N) is 1. The molecule has 4 aliphatic heterocycles. The number of piperidine rings is 1. The van der Waals surface area contributed by atoms with Gasteiger partial charge in [-0.05, 0) is 43.2 Å². The Kier molecular flexibility index (Phi) is 9.99. The molecule has 55 heavy (non-hydrogen) atoms. The van der Waals surface area contributed by atoms with Gasteiger partial charge in [-0.1, -0.05) is 35.5 Å². The van der Waals surface area contributed by atoms with Crippen LogP contribution in [0.25, 0.3) is 0 Å². The molecular formula is C39H40N8O8. The Morgan fingerprint density at radius 1 is 0.964 bits per heavy atom. The minimum Gasteiger partial charge on any atom is -0.507 e. The minimum absolute atomic E-state index is 0.0210. The number of carbonyl (C=O) groups is 4. The number of piperazine rings is 1. The van der Waals surface area contributed by atoms with Crippen molar-refractivity contribution in [2.45, 2.75) is 56.6 Å². The van der Waals surface area contributed by atoms with Gasteiger partial charge >= 0.3 is 0 Å². The van der Waals surface area contributed by atoms with Crippen molar-refractivity contribution in [1.29, 1.82) is 0 Å². The van der Waals surface area contributed by atoms with Crippen LogP contribution in [0.3, 0.4) is 0 Å². The van der Waals surface area contributed by atoms with E-state index in [0.717, 1.165) is 41.6 Å². The van der Waals surface area contributed by atoms with Crippen LogP contribution in [0.2, 0.25) is 0 Å². The highest BCUT2D eigenvalue weighted by Crippen LogP contribution is 2.40. The van der Waals surface area contributed by atoms with Crippen molar-refractivity contribution in [2.75, 3.05) is 37.8 Å². The van der Waals surface area contributed by atoms with Crippen molar-refractivity contribution < 1.29 is 38.9 Å². The lowest BCUT2D eigenvalue weighted by molar-refractivity contribution is -0.139. The third kappa shape index (κ3) is 7.37. The maximum Gasteiger partial charge on any atom is 0.261 e. The van der Waals surface area contributed by atoms with E-state index < -0.39 is 30.0 Å². The molecule has 8 rings (SSSR count). The first-order chi connectivity index (χ1) is 26.7. The summed E-state index contributed by atoms with van der Waals surface area (Å²) in [6.45, 7) is 2.80. The van der Waals surface area contributed by atoms with Crippen LogP contribution < -0.4 is 15.0 Å². The van der Waals surface area contributed by atoms with Crippen molar-refractivity contribution in [3.05, 3.63) is 107 Å². The summed E-state index contributed by atoms with van der Waals surface area (Å²) < 4.78 is 13.4. The second-order valence-corrected chi connectivity index (χ2v) is 14.0. The van der Waals surface area contributed by atoms with E-state index >= 15 is 0 Å². The number of imide groups is 1. The van der Waals surface area contributed by atoms with E-state index in [1.165, 1.54) is 12.1 Å². The Morgan fingerprint density at radius 2 is 1.82 bits per heavy atom. The first kappa shape index (κ1) is 35.9. The Balaban J connectivity index is 0.779. The van der Waals surface area contributed by atoms with Crippen LogP contribution in [0, 0.1) is 0 Å². The SMILES string of the molecule is O=C1CCC(N2C(=O)c3c(OCCOCCc4cn(Cc5cccc(N6C[C@H]7C[C@@H]6CN7/C=C/C(=O)c6ccccc6O)n5)nn4)cccc3C2O)C(=O)N1. The number of phenolic OH excluding ortho intramolecular Hbond substituents is 1. The molecule has 16 nitrogen and oxygen atoms in total. The summed E-state index contributed by atoms with van der Waals surface area (Å²) in [4.78, 5) is 60.4. The molecule has 3 N–H and O–H groups in total. The fourth-order valence-electron chi connectivity index (χ4n) is 7.76. The third-order valence-electron chi connectivity index (χ3n) is 10.4. The fraction of sp³-hybridized carbons (Fsp3) is 0.359. The number of para-hydroxylation sites is 1. The number of allylic oxidation sites excluding steroid dienone is 1. The second kappa shape index (κ2) is 15.3. The molecule has 4 aromatic rings. The maximum absolute atomic E-state index is 13.3. The summed E-state index contributed by atoms with van der Waals surface area (Å²) in [7, 11) is 0. The molecule has 4 aliphatic rings. The van der Waals surface area contributed by atoms with E-state index in [1.54, 1.807) is 41.1 Å². The number of ketones is 1. The lowest BCUT2D eigenvalue weighted by Gasteiger charge is -2.34. The van der Waals surface area contributed by atoms with Gasteiger partial charge in [-0.2, -0.15) is 0 Å². The molecule has 3 fully saturated rings. The molecule has 16 heteroatoms. The normalized spacial score (nSPS) is 21.8. The number of hydrogen-bond acceptors (Lipinski definition) is 13. The number of phenols is 1. The molecule has 0 spiro atoms. The highest BCUT2D eigenvalue weighted by molar-refractivity contribution is 6.07. The third-order valence-corrected chi connectivity index (χ3v) is 10.4. The van der Waals surface area contributed by atoms with Crippen molar-refractivity contribution in [3.63, 3.8) is 0 Å². The van der Waals surface area contributed by atoms with Gasteiger partial charge in [0, 0.05) is 62.1 Å². The van der Waals surface area contributed by atoms with E-state index in [2.05, 4.69) is 25.4 Å². The number of benzene rings is 2. The van der Waals surface area contributed by atoms with Crippen LogP contribution in [0.15, 0.2) is 79.1 Å². The van der Waals surface area contributed by atoms with E-state index in [-0.39, 0.29) is 61.0 Å². The monoisotopic (exact) mass is 748 g/mol. The Labute approximate surface area is 315 Å². The van der Waals surface area contributed by atoms with Crippen LogP contribution in [0.5, 0.6) is 11.5 Å². The summed E-state index contributed by atoms with van der Waals surface area (Å²) in [6.07, 6.45) is 5.64. The molecule has 0 aliphatic carbocycles. The Morgan fingerprint density at radius 3 is 2.64 bits per heavy atom. The van der Waals surface area contributed by atoms with Gasteiger partial charge in [-0.15, -0.1) is 5.10 Å². The first-order valence-corrected chi connectivity index (χ1v) is 18.3. The Bertz CT molecular complexity index is 2150. The summed E-state index contributed by atoms with van der Waals surface area (Å²) in [5.74, 6) is -0.593. The number of carbonyl (C=O) groups excluding carboxylic acids is 4. The standard InChI is InChI=1S/C39H40N8O8/c48-31-8-2-1-6-28(31)32(49)13-15-44-22-27-19-26(44)23-46(27)34-10-3-5-24(40-34)20-45-21-25(42-43-45)14-16-54-17-18-55-33-9-4-7-29-36(33)39(53)47(38(29)52)30-11-12-35(50)41-37(30)51/h1-10,13,15,21,26-27,30,38,48,52H,11-12,14,16-20,22-23H2,(H,41,50,51)/b15-13+/t26-,27-,30?,38?/m1/s1. The maximum atomic E-state index is 13.3. The fourth-order valence-corrected chi connectivity index (χ4v) is 7.76. The highest BCUT2D eigenvalue weighted by atomic mass is 16.5. The number of nitrogens with zero attached hydrogens (tertiary/aromatic N) is 7. The molecule has 3 amide bonds.